The van der Waals surface area contributed by atoms with Crippen molar-refractivity contribution in [2.45, 2.75) is 99.7 Å². The van der Waals surface area contributed by atoms with E-state index in [0.29, 0.717) is 41.9 Å². The SMILES string of the molecule is CCC[C@H]1N(C(=O)c2ncccc2C(F)(F)F)CCC[C@@]1(Oc1csc(C(F)(F)F)c1)C(=O)N1CCC(O)(c2ccccc2SCCCC(C)=O)CC1. The van der Waals surface area contributed by atoms with E-state index in [2.05, 4.69) is 4.98 Å². The number of piperidine rings is 2. The summed E-state index contributed by atoms with van der Waals surface area (Å²) < 4.78 is 89.4. The minimum absolute atomic E-state index is 0.0215. The zero-order chi connectivity index (χ0) is 38.6. The number of nitrogens with zero attached hydrogens (tertiary/aromatic N) is 3. The van der Waals surface area contributed by atoms with Crippen LogP contribution in [-0.2, 0) is 27.5 Å². The number of thiophene rings is 1. The first-order chi connectivity index (χ1) is 25.0. The molecule has 2 atom stereocenters. The van der Waals surface area contributed by atoms with Crippen molar-refractivity contribution in [3.63, 3.8) is 0 Å². The first-order valence-corrected chi connectivity index (χ1v) is 19.3. The van der Waals surface area contributed by atoms with Crippen molar-refractivity contribution in [3.05, 3.63) is 75.7 Å². The van der Waals surface area contributed by atoms with Gasteiger partial charge in [-0.2, -0.15) is 26.3 Å². The maximum atomic E-state index is 14.9. The molecule has 0 saturated carbocycles. The number of halogens is 6. The van der Waals surface area contributed by atoms with Crippen LogP contribution in [-0.4, -0.2) is 74.5 Å². The van der Waals surface area contributed by atoms with E-state index in [0.717, 1.165) is 39.6 Å². The molecule has 4 heterocycles. The molecule has 0 aliphatic carbocycles. The van der Waals surface area contributed by atoms with E-state index in [1.807, 2.05) is 18.2 Å². The third-order valence-electron chi connectivity index (χ3n) is 9.71. The van der Waals surface area contributed by atoms with Crippen LogP contribution in [0.2, 0.25) is 0 Å². The van der Waals surface area contributed by atoms with Gasteiger partial charge in [0, 0.05) is 55.0 Å². The molecule has 8 nitrogen and oxygen atoms in total. The first kappa shape index (κ1) is 40.6. The molecule has 0 unspecified atom stereocenters. The summed E-state index contributed by atoms with van der Waals surface area (Å²) >= 11 is 1.90. The van der Waals surface area contributed by atoms with Crippen molar-refractivity contribution in [2.24, 2.45) is 0 Å². The van der Waals surface area contributed by atoms with E-state index >= 15 is 0 Å². The second-order valence-corrected chi connectivity index (χ2v) is 15.5. The van der Waals surface area contributed by atoms with Crippen LogP contribution in [0.15, 0.2) is 58.9 Å². The summed E-state index contributed by atoms with van der Waals surface area (Å²) in [5.41, 5.74) is -4.70. The van der Waals surface area contributed by atoms with Crippen molar-refractivity contribution in [3.8, 4) is 5.75 Å². The van der Waals surface area contributed by atoms with E-state index in [9.17, 15) is 45.8 Å². The zero-order valence-corrected chi connectivity index (χ0v) is 30.9. The minimum atomic E-state index is -4.90. The number of carbonyl (C=O) groups is 3. The molecule has 2 saturated heterocycles. The third-order valence-corrected chi connectivity index (χ3v) is 11.8. The number of aromatic nitrogens is 1. The first-order valence-electron chi connectivity index (χ1n) is 17.4. The van der Waals surface area contributed by atoms with Crippen LogP contribution in [0.4, 0.5) is 26.3 Å². The summed E-state index contributed by atoms with van der Waals surface area (Å²) in [6.45, 7) is 3.33. The van der Waals surface area contributed by atoms with Gasteiger partial charge in [0.2, 0.25) is 5.60 Å². The molecule has 16 heteroatoms. The fourth-order valence-electron chi connectivity index (χ4n) is 7.17. The van der Waals surface area contributed by atoms with Gasteiger partial charge in [0.1, 0.15) is 22.1 Å². The summed E-state index contributed by atoms with van der Waals surface area (Å²) in [4.78, 5) is 46.6. The quantitative estimate of drug-likeness (QED) is 0.112. The highest BCUT2D eigenvalue weighted by atomic mass is 32.2. The van der Waals surface area contributed by atoms with Gasteiger partial charge in [0.25, 0.3) is 11.8 Å². The Labute approximate surface area is 311 Å². The maximum absolute atomic E-state index is 14.9. The fourth-order valence-corrected chi connectivity index (χ4v) is 8.95. The van der Waals surface area contributed by atoms with Gasteiger partial charge in [-0.25, -0.2) is 0 Å². The number of benzene rings is 1. The lowest BCUT2D eigenvalue weighted by Crippen LogP contribution is -2.68. The molecule has 2 aliphatic rings. The summed E-state index contributed by atoms with van der Waals surface area (Å²) in [6.07, 6.45) is -6.65. The monoisotopic (exact) mass is 785 g/mol. The van der Waals surface area contributed by atoms with E-state index in [4.69, 9.17) is 4.74 Å². The van der Waals surface area contributed by atoms with Gasteiger partial charge in [-0.05, 0) is 68.5 Å². The van der Waals surface area contributed by atoms with Crippen LogP contribution >= 0.6 is 23.1 Å². The summed E-state index contributed by atoms with van der Waals surface area (Å²) in [6, 6.07) is 8.79. The highest BCUT2D eigenvalue weighted by molar-refractivity contribution is 7.99. The molecular formula is C37H41F6N3O5S2. The van der Waals surface area contributed by atoms with Crippen molar-refractivity contribution in [1.82, 2.24) is 14.8 Å². The van der Waals surface area contributed by atoms with Gasteiger partial charge >= 0.3 is 12.4 Å². The van der Waals surface area contributed by atoms with Gasteiger partial charge in [0.15, 0.2) is 0 Å². The molecule has 2 aromatic heterocycles. The second-order valence-electron chi connectivity index (χ2n) is 13.4. The number of aliphatic hydroxyl groups is 1. The molecule has 288 valence electrons. The van der Waals surface area contributed by atoms with Crippen molar-refractivity contribution < 1.29 is 50.6 Å². The molecule has 3 aromatic rings. The molecule has 0 bridgehead atoms. The third kappa shape index (κ3) is 9.02. The number of rotatable bonds is 12. The molecule has 5 rings (SSSR count). The van der Waals surface area contributed by atoms with Gasteiger partial charge in [-0.1, -0.05) is 31.5 Å². The Bertz CT molecular complexity index is 1780. The number of ether oxygens (including phenoxy) is 1. The Morgan fingerprint density at radius 1 is 1.02 bits per heavy atom. The van der Waals surface area contributed by atoms with Crippen molar-refractivity contribution in [1.29, 1.82) is 0 Å². The average molecular weight is 786 g/mol. The largest absolute Gasteiger partial charge is 0.474 e. The van der Waals surface area contributed by atoms with Gasteiger partial charge < -0.3 is 24.4 Å². The zero-order valence-electron chi connectivity index (χ0n) is 29.3. The predicted octanol–water partition coefficient (Wildman–Crippen LogP) is 8.37. The minimum Gasteiger partial charge on any atom is -0.474 e. The number of hydrogen-bond donors (Lipinski definition) is 1. The Balaban J connectivity index is 1.48. The topological polar surface area (TPSA) is 100 Å². The second kappa shape index (κ2) is 16.4. The van der Waals surface area contributed by atoms with Crippen molar-refractivity contribution >= 4 is 40.7 Å². The Hall–Kier alpha value is -3.63. The number of likely N-dealkylation sites (tertiary alicyclic amines) is 2. The number of amides is 2. The van der Waals surface area contributed by atoms with Crippen LogP contribution in [0.3, 0.4) is 0 Å². The lowest BCUT2D eigenvalue weighted by Gasteiger charge is -2.51. The Morgan fingerprint density at radius 3 is 2.38 bits per heavy atom. The lowest BCUT2D eigenvalue weighted by atomic mass is 9.78. The van der Waals surface area contributed by atoms with Crippen LogP contribution < -0.4 is 4.74 Å². The van der Waals surface area contributed by atoms with Crippen LogP contribution in [0.5, 0.6) is 5.75 Å². The summed E-state index contributed by atoms with van der Waals surface area (Å²) in [7, 11) is 0. The Kier molecular flexibility index (Phi) is 12.5. The molecule has 2 fully saturated rings. The van der Waals surface area contributed by atoms with Gasteiger partial charge in [0.05, 0.1) is 17.2 Å². The van der Waals surface area contributed by atoms with Crippen LogP contribution in [0, 0.1) is 0 Å². The smallest absolute Gasteiger partial charge is 0.425 e. The molecule has 2 aliphatic heterocycles. The number of carbonyl (C=O) groups excluding carboxylic acids is 3. The van der Waals surface area contributed by atoms with E-state index in [1.165, 1.54) is 23.6 Å². The Morgan fingerprint density at radius 2 is 1.74 bits per heavy atom. The fraction of sp³-hybridized carbons (Fsp3) is 0.514. The van der Waals surface area contributed by atoms with E-state index in [1.54, 1.807) is 13.0 Å². The highest BCUT2D eigenvalue weighted by Gasteiger charge is 2.56. The number of thioether (sulfide) groups is 1. The number of ketones is 1. The highest BCUT2D eigenvalue weighted by Crippen LogP contribution is 2.44. The van der Waals surface area contributed by atoms with Gasteiger partial charge in [-0.3, -0.25) is 14.6 Å². The summed E-state index contributed by atoms with van der Waals surface area (Å²) in [5.74, 6) is -1.19. The molecule has 0 radical (unpaired) electrons. The number of pyridine rings is 1. The molecule has 2 amide bonds. The standard InChI is InChI=1S/C37H41F6N3O5S2/c1-3-9-29-35(51-25-22-30(53-23-25)37(41,42)43,14-8-18-46(29)32(48)31-27(36(38,39)40)12-6-17-44-31)33(49)45-19-15-34(50,16-20-45)26-11-4-5-13-28(26)52-21-7-10-24(2)47/h4-6,11-13,17,22-23,29,50H,3,7-10,14-16,18-21H2,1-2H3/t29-,35+/m1/s1. The van der Waals surface area contributed by atoms with E-state index < -0.39 is 57.5 Å². The molecule has 1 aromatic carbocycles. The average Bonchev–Trinajstić information content (AvgIpc) is 3.60. The predicted molar refractivity (Wildman–Crippen MR) is 188 cm³/mol. The number of Topliss-reactive ketones (excluding diaryl/α,β-unsaturated/α-hetero) is 1. The summed E-state index contributed by atoms with van der Waals surface area (Å²) in [5, 5.41) is 13.1. The number of alkyl halides is 6. The lowest BCUT2D eigenvalue weighted by molar-refractivity contribution is -0.163. The molecule has 0 spiro atoms. The maximum Gasteiger partial charge on any atom is 0.425 e. The van der Waals surface area contributed by atoms with Crippen molar-refractivity contribution in [2.75, 3.05) is 25.4 Å². The molecule has 1 N–H and O–H groups in total. The van der Waals surface area contributed by atoms with Gasteiger partial charge in [-0.15, -0.1) is 23.1 Å². The normalized spacial score (nSPS) is 20.7. The molecular weight excluding hydrogens is 745 g/mol. The van der Waals surface area contributed by atoms with E-state index in [-0.39, 0.29) is 63.3 Å². The number of hydrogen-bond acceptors (Lipinski definition) is 8. The van der Waals surface area contributed by atoms with Crippen LogP contribution in [0.1, 0.15) is 91.7 Å². The van der Waals surface area contributed by atoms with Crippen LogP contribution in [0.25, 0.3) is 0 Å². The molecule has 53 heavy (non-hydrogen) atoms.